The molecule has 0 radical (unpaired) electrons. The number of aryl methyl sites for hydroxylation is 1. The third-order valence-electron chi connectivity index (χ3n) is 3.43. The summed E-state index contributed by atoms with van der Waals surface area (Å²) >= 11 is 5.94. The van der Waals surface area contributed by atoms with E-state index in [-0.39, 0.29) is 11.4 Å². The highest BCUT2D eigenvalue weighted by atomic mass is 35.5. The number of rotatable bonds is 4. The Morgan fingerprint density at radius 2 is 1.82 bits per heavy atom. The zero-order valence-corrected chi connectivity index (χ0v) is 14.0. The van der Waals surface area contributed by atoms with Crippen LogP contribution in [-0.4, -0.2) is 5.97 Å². The molecule has 2 nitrogen and oxygen atoms in total. The number of halogens is 1. The van der Waals surface area contributed by atoms with Crippen LogP contribution in [0.15, 0.2) is 48.5 Å². The molecule has 2 aromatic rings. The van der Waals surface area contributed by atoms with E-state index in [1.165, 1.54) is 0 Å². The van der Waals surface area contributed by atoms with Crippen LogP contribution in [0.5, 0.6) is 5.75 Å². The number of hydrogen-bond donors (Lipinski definition) is 0. The van der Waals surface area contributed by atoms with Gasteiger partial charge >= 0.3 is 5.97 Å². The molecule has 2 rings (SSSR count). The van der Waals surface area contributed by atoms with E-state index in [4.69, 9.17) is 16.3 Å². The van der Waals surface area contributed by atoms with Gasteiger partial charge in [0, 0.05) is 17.0 Å². The highest BCUT2D eigenvalue weighted by Gasteiger charge is 2.19. The minimum Gasteiger partial charge on any atom is -0.426 e. The highest BCUT2D eigenvalue weighted by Crippen LogP contribution is 2.31. The van der Waals surface area contributed by atoms with Crippen LogP contribution in [0.2, 0.25) is 5.02 Å². The Kier molecular flexibility index (Phi) is 5.25. The summed E-state index contributed by atoms with van der Waals surface area (Å²) in [6, 6.07) is 15.2. The van der Waals surface area contributed by atoms with Gasteiger partial charge in [-0.3, -0.25) is 4.79 Å². The molecule has 0 N–H and O–H groups in total. The molecule has 0 fully saturated rings. The predicted molar refractivity (Wildman–Crippen MR) is 90.6 cm³/mol. The van der Waals surface area contributed by atoms with E-state index in [0.717, 1.165) is 11.1 Å². The van der Waals surface area contributed by atoms with E-state index >= 15 is 0 Å². The third-order valence-corrected chi connectivity index (χ3v) is 3.66. The maximum atomic E-state index is 12.1. The predicted octanol–water partition coefficient (Wildman–Crippen LogP) is 5.18. The van der Waals surface area contributed by atoms with Gasteiger partial charge in [0.25, 0.3) is 0 Å². The standard InChI is InChI=1S/C19H21ClO2/c1-19(2,3)16-9-4-5-10-17(16)22-18(21)12-11-14-7-6-8-15(20)13-14/h4-10,13H,11-12H2,1-3H3. The van der Waals surface area contributed by atoms with Gasteiger partial charge in [0.2, 0.25) is 0 Å². The molecule has 2 aromatic carbocycles. The summed E-state index contributed by atoms with van der Waals surface area (Å²) in [7, 11) is 0. The van der Waals surface area contributed by atoms with Gasteiger partial charge in [0.05, 0.1) is 0 Å². The maximum absolute atomic E-state index is 12.1. The van der Waals surface area contributed by atoms with Crippen molar-refractivity contribution in [3.63, 3.8) is 0 Å². The lowest BCUT2D eigenvalue weighted by molar-refractivity contribution is -0.134. The SMILES string of the molecule is CC(C)(C)c1ccccc1OC(=O)CCc1cccc(Cl)c1. The second-order valence-corrected chi connectivity index (χ2v) is 6.79. The fourth-order valence-corrected chi connectivity index (χ4v) is 2.50. The topological polar surface area (TPSA) is 26.3 Å². The summed E-state index contributed by atoms with van der Waals surface area (Å²) in [4.78, 5) is 12.1. The molecule has 116 valence electrons. The molecule has 0 saturated carbocycles. The van der Waals surface area contributed by atoms with Gasteiger partial charge in [-0.2, -0.15) is 0 Å². The van der Waals surface area contributed by atoms with Crippen molar-refractivity contribution in [2.45, 2.75) is 39.0 Å². The monoisotopic (exact) mass is 316 g/mol. The molecule has 0 bridgehead atoms. The Hall–Kier alpha value is -1.80. The Morgan fingerprint density at radius 3 is 2.50 bits per heavy atom. The molecular formula is C19H21ClO2. The number of carbonyl (C=O) groups excluding carboxylic acids is 1. The van der Waals surface area contributed by atoms with Crippen molar-refractivity contribution in [2.24, 2.45) is 0 Å². The van der Waals surface area contributed by atoms with Crippen LogP contribution in [0.3, 0.4) is 0 Å². The van der Waals surface area contributed by atoms with Crippen LogP contribution in [-0.2, 0) is 16.6 Å². The number of benzene rings is 2. The number of ether oxygens (including phenoxy) is 1. The highest BCUT2D eigenvalue weighted by molar-refractivity contribution is 6.30. The van der Waals surface area contributed by atoms with Crippen molar-refractivity contribution in [1.82, 2.24) is 0 Å². The summed E-state index contributed by atoms with van der Waals surface area (Å²) in [6.07, 6.45) is 0.954. The van der Waals surface area contributed by atoms with Crippen molar-refractivity contribution < 1.29 is 9.53 Å². The number of carbonyl (C=O) groups is 1. The first-order valence-corrected chi connectivity index (χ1v) is 7.79. The average molecular weight is 317 g/mol. The molecule has 0 atom stereocenters. The lowest BCUT2D eigenvalue weighted by Gasteiger charge is -2.22. The first-order valence-electron chi connectivity index (χ1n) is 7.41. The molecule has 0 aliphatic rings. The van der Waals surface area contributed by atoms with Crippen molar-refractivity contribution in [2.75, 3.05) is 0 Å². The van der Waals surface area contributed by atoms with Gasteiger partial charge in [-0.1, -0.05) is 62.7 Å². The van der Waals surface area contributed by atoms with Crippen LogP contribution in [0.25, 0.3) is 0 Å². The lowest BCUT2D eigenvalue weighted by Crippen LogP contribution is -2.16. The number of hydrogen-bond acceptors (Lipinski definition) is 2. The van der Waals surface area contributed by atoms with Gasteiger partial charge in [-0.25, -0.2) is 0 Å². The third kappa shape index (κ3) is 4.60. The van der Waals surface area contributed by atoms with E-state index in [0.29, 0.717) is 23.6 Å². The van der Waals surface area contributed by atoms with Crippen LogP contribution in [0.1, 0.15) is 38.3 Å². The Balaban J connectivity index is 2.01. The van der Waals surface area contributed by atoms with Crippen LogP contribution in [0.4, 0.5) is 0 Å². The van der Waals surface area contributed by atoms with Gasteiger partial charge < -0.3 is 4.74 Å². The van der Waals surface area contributed by atoms with Crippen LogP contribution >= 0.6 is 11.6 Å². The molecule has 0 unspecified atom stereocenters. The molecule has 0 aliphatic heterocycles. The lowest BCUT2D eigenvalue weighted by atomic mass is 9.86. The second-order valence-electron chi connectivity index (χ2n) is 6.35. The number of esters is 1. The largest absolute Gasteiger partial charge is 0.426 e. The molecular weight excluding hydrogens is 296 g/mol. The van der Waals surface area contributed by atoms with E-state index in [1.54, 1.807) is 0 Å². The average Bonchev–Trinajstić information content (AvgIpc) is 2.45. The second kappa shape index (κ2) is 6.97. The fourth-order valence-electron chi connectivity index (χ4n) is 2.29. The molecule has 0 aromatic heterocycles. The smallest absolute Gasteiger partial charge is 0.311 e. The molecule has 0 heterocycles. The summed E-state index contributed by atoms with van der Waals surface area (Å²) in [5.74, 6) is 0.419. The van der Waals surface area contributed by atoms with E-state index < -0.39 is 0 Å². The van der Waals surface area contributed by atoms with Crippen molar-refractivity contribution in [3.05, 3.63) is 64.7 Å². The minimum absolute atomic E-state index is 0.0656. The molecule has 0 spiro atoms. The van der Waals surface area contributed by atoms with E-state index in [1.807, 2.05) is 48.5 Å². The van der Waals surface area contributed by atoms with E-state index in [9.17, 15) is 4.79 Å². The summed E-state index contributed by atoms with van der Waals surface area (Å²) < 4.78 is 5.55. The molecule has 0 saturated heterocycles. The first kappa shape index (κ1) is 16.6. The van der Waals surface area contributed by atoms with Crippen molar-refractivity contribution in [3.8, 4) is 5.75 Å². The Labute approximate surface area is 137 Å². The summed E-state index contributed by atoms with van der Waals surface area (Å²) in [6.45, 7) is 6.31. The first-order chi connectivity index (χ1) is 10.4. The maximum Gasteiger partial charge on any atom is 0.311 e. The number of para-hydroxylation sites is 1. The zero-order valence-electron chi connectivity index (χ0n) is 13.2. The Bertz CT molecular complexity index is 656. The van der Waals surface area contributed by atoms with Gasteiger partial charge in [0.15, 0.2) is 0 Å². The van der Waals surface area contributed by atoms with Crippen molar-refractivity contribution in [1.29, 1.82) is 0 Å². The Morgan fingerprint density at radius 1 is 1.09 bits per heavy atom. The molecule has 0 aliphatic carbocycles. The quantitative estimate of drug-likeness (QED) is 0.574. The van der Waals surface area contributed by atoms with Gasteiger partial charge in [-0.05, 0) is 35.6 Å². The van der Waals surface area contributed by atoms with Crippen LogP contribution < -0.4 is 4.74 Å². The minimum atomic E-state index is -0.225. The molecule has 3 heteroatoms. The van der Waals surface area contributed by atoms with Gasteiger partial charge in [0.1, 0.15) is 5.75 Å². The van der Waals surface area contributed by atoms with Crippen molar-refractivity contribution >= 4 is 17.6 Å². The van der Waals surface area contributed by atoms with E-state index in [2.05, 4.69) is 20.8 Å². The van der Waals surface area contributed by atoms with Crippen LogP contribution in [0, 0.1) is 0 Å². The summed E-state index contributed by atoms with van der Waals surface area (Å²) in [5, 5.41) is 0.684. The summed E-state index contributed by atoms with van der Waals surface area (Å²) in [5.41, 5.74) is 2.00. The molecule has 22 heavy (non-hydrogen) atoms. The zero-order chi connectivity index (χ0) is 16.2. The normalized spacial score (nSPS) is 11.3. The fraction of sp³-hybridized carbons (Fsp3) is 0.316. The van der Waals surface area contributed by atoms with Gasteiger partial charge in [-0.15, -0.1) is 0 Å². The molecule has 0 amide bonds.